The number of pyridine rings is 1. The molecule has 1 heterocycles. The number of likely N-dealkylation sites (N-methyl/N-ethyl adjacent to an activating group) is 1. The molecule has 0 amide bonds. The quantitative estimate of drug-likeness (QED) is 0.662. The second kappa shape index (κ2) is 11.3. The van der Waals surface area contributed by atoms with E-state index in [0.29, 0.717) is 19.2 Å². The number of aliphatic hydroxyl groups excluding tert-OH is 1. The van der Waals surface area contributed by atoms with Gasteiger partial charge in [0, 0.05) is 31.9 Å². The zero-order valence-corrected chi connectivity index (χ0v) is 17.8. The first-order chi connectivity index (χ1) is 14.1. The third-order valence-corrected chi connectivity index (χ3v) is 5.65. The van der Waals surface area contributed by atoms with Gasteiger partial charge in [0.1, 0.15) is 18.5 Å². The first-order valence-corrected chi connectivity index (χ1v) is 10.8. The molecule has 158 valence electrons. The van der Waals surface area contributed by atoms with Crippen LogP contribution >= 0.6 is 0 Å². The van der Waals surface area contributed by atoms with E-state index in [1.165, 1.54) is 37.7 Å². The Balaban J connectivity index is 1.44. The first kappa shape index (κ1) is 21.8. The molecule has 1 fully saturated rings. The smallest absolute Gasteiger partial charge is 0.119 e. The van der Waals surface area contributed by atoms with Crippen molar-refractivity contribution in [3.63, 3.8) is 0 Å². The fraction of sp³-hybridized carbons (Fsp3) is 0.542. The molecule has 1 aliphatic rings. The standard InChI is InChI=1S/C24H35N3O2/c1-26(17-21-10-6-7-14-25-21)16-20-9-8-13-24(15-20)29-19-23(28)18-27(2)22-11-4-3-5-12-22/h6-10,13-15,22-23,28H,3-5,11-12,16-19H2,1-2H3/t23-/m1/s1. The highest BCUT2D eigenvalue weighted by atomic mass is 16.5. The molecule has 1 atom stereocenters. The highest BCUT2D eigenvalue weighted by Gasteiger charge is 2.20. The van der Waals surface area contributed by atoms with Crippen molar-refractivity contribution >= 4 is 0 Å². The van der Waals surface area contributed by atoms with Crippen LogP contribution < -0.4 is 4.74 Å². The molecule has 3 rings (SSSR count). The lowest BCUT2D eigenvalue weighted by atomic mass is 9.94. The summed E-state index contributed by atoms with van der Waals surface area (Å²) in [5.74, 6) is 0.813. The Morgan fingerprint density at radius 2 is 1.90 bits per heavy atom. The second-order valence-corrected chi connectivity index (χ2v) is 8.34. The first-order valence-electron chi connectivity index (χ1n) is 10.8. The number of hydrogen-bond donors (Lipinski definition) is 1. The van der Waals surface area contributed by atoms with Crippen molar-refractivity contribution in [2.45, 2.75) is 57.3 Å². The summed E-state index contributed by atoms with van der Waals surface area (Å²) >= 11 is 0. The highest BCUT2D eigenvalue weighted by molar-refractivity contribution is 5.28. The van der Waals surface area contributed by atoms with Gasteiger partial charge in [0.2, 0.25) is 0 Å². The van der Waals surface area contributed by atoms with Crippen molar-refractivity contribution in [2.75, 3.05) is 27.2 Å². The minimum atomic E-state index is -0.475. The molecule has 0 unspecified atom stereocenters. The fourth-order valence-corrected chi connectivity index (χ4v) is 4.12. The minimum absolute atomic E-state index is 0.324. The van der Waals surface area contributed by atoms with Gasteiger partial charge in [0.15, 0.2) is 0 Å². The number of rotatable bonds is 10. The average Bonchev–Trinajstić information content (AvgIpc) is 2.74. The van der Waals surface area contributed by atoms with E-state index in [1.807, 2.05) is 36.5 Å². The van der Waals surface area contributed by atoms with Crippen LogP contribution in [0.4, 0.5) is 0 Å². The molecule has 0 bridgehead atoms. The van der Waals surface area contributed by atoms with Crippen molar-refractivity contribution in [3.8, 4) is 5.75 Å². The molecule has 0 spiro atoms. The van der Waals surface area contributed by atoms with Crippen LogP contribution in [-0.2, 0) is 13.1 Å². The molecular formula is C24H35N3O2. The average molecular weight is 398 g/mol. The van der Waals surface area contributed by atoms with Crippen molar-refractivity contribution in [3.05, 3.63) is 59.9 Å². The van der Waals surface area contributed by atoms with Crippen LogP contribution in [0.2, 0.25) is 0 Å². The number of hydrogen-bond acceptors (Lipinski definition) is 5. The summed E-state index contributed by atoms with van der Waals surface area (Å²) in [6, 6.07) is 14.7. The molecule has 0 aliphatic heterocycles. The molecule has 5 heteroatoms. The van der Waals surface area contributed by atoms with E-state index in [0.717, 1.165) is 24.5 Å². The van der Waals surface area contributed by atoms with Gasteiger partial charge in [-0.3, -0.25) is 9.88 Å². The van der Waals surface area contributed by atoms with Gasteiger partial charge in [0.05, 0.1) is 5.69 Å². The second-order valence-electron chi connectivity index (χ2n) is 8.34. The van der Waals surface area contributed by atoms with E-state index in [2.05, 4.69) is 41.0 Å². The molecule has 1 aromatic carbocycles. The van der Waals surface area contributed by atoms with Gasteiger partial charge in [-0.2, -0.15) is 0 Å². The van der Waals surface area contributed by atoms with Gasteiger partial charge in [-0.15, -0.1) is 0 Å². The van der Waals surface area contributed by atoms with Gasteiger partial charge < -0.3 is 14.7 Å². The van der Waals surface area contributed by atoms with Crippen molar-refractivity contribution < 1.29 is 9.84 Å². The zero-order valence-electron chi connectivity index (χ0n) is 17.8. The van der Waals surface area contributed by atoms with Crippen LogP contribution in [0.3, 0.4) is 0 Å². The fourth-order valence-electron chi connectivity index (χ4n) is 4.12. The molecule has 0 radical (unpaired) electrons. The van der Waals surface area contributed by atoms with Gasteiger partial charge in [-0.05, 0) is 56.8 Å². The molecule has 29 heavy (non-hydrogen) atoms. The van der Waals surface area contributed by atoms with Crippen molar-refractivity contribution in [1.29, 1.82) is 0 Å². The van der Waals surface area contributed by atoms with Gasteiger partial charge >= 0.3 is 0 Å². The lowest BCUT2D eigenvalue weighted by molar-refractivity contribution is 0.0561. The maximum absolute atomic E-state index is 10.4. The number of ether oxygens (including phenoxy) is 1. The van der Waals surface area contributed by atoms with Crippen LogP contribution in [-0.4, -0.2) is 59.3 Å². The molecule has 1 N–H and O–H groups in total. The van der Waals surface area contributed by atoms with Gasteiger partial charge in [-0.1, -0.05) is 37.5 Å². The summed E-state index contributed by atoms with van der Waals surface area (Å²) in [6.07, 6.45) is 7.82. The third-order valence-electron chi connectivity index (χ3n) is 5.65. The normalized spacial score (nSPS) is 16.3. The largest absolute Gasteiger partial charge is 0.491 e. The Morgan fingerprint density at radius 1 is 1.07 bits per heavy atom. The van der Waals surface area contributed by atoms with Crippen LogP contribution in [0.15, 0.2) is 48.7 Å². The molecular weight excluding hydrogens is 362 g/mol. The van der Waals surface area contributed by atoms with Crippen LogP contribution in [0.25, 0.3) is 0 Å². The Bertz CT molecular complexity index is 719. The number of aliphatic hydroxyl groups is 1. The number of aromatic nitrogens is 1. The summed E-state index contributed by atoms with van der Waals surface area (Å²) in [5.41, 5.74) is 2.25. The van der Waals surface area contributed by atoms with Crippen LogP contribution in [0.5, 0.6) is 5.75 Å². The number of nitrogens with zero attached hydrogens (tertiary/aromatic N) is 3. The molecule has 1 saturated carbocycles. The monoisotopic (exact) mass is 397 g/mol. The maximum Gasteiger partial charge on any atom is 0.119 e. The lowest BCUT2D eigenvalue weighted by Gasteiger charge is -2.32. The van der Waals surface area contributed by atoms with Crippen molar-refractivity contribution in [2.24, 2.45) is 0 Å². The molecule has 1 aromatic heterocycles. The maximum atomic E-state index is 10.4. The Hall–Kier alpha value is -1.95. The summed E-state index contributed by atoms with van der Waals surface area (Å²) in [7, 11) is 4.21. The van der Waals surface area contributed by atoms with E-state index in [4.69, 9.17) is 4.74 Å². The van der Waals surface area contributed by atoms with Crippen LogP contribution in [0, 0.1) is 0 Å². The van der Waals surface area contributed by atoms with E-state index in [9.17, 15) is 5.11 Å². The third kappa shape index (κ3) is 7.42. The van der Waals surface area contributed by atoms with Gasteiger partial charge in [-0.25, -0.2) is 0 Å². The van der Waals surface area contributed by atoms with E-state index < -0.39 is 6.10 Å². The molecule has 0 saturated heterocycles. The Morgan fingerprint density at radius 3 is 2.66 bits per heavy atom. The van der Waals surface area contributed by atoms with Crippen LogP contribution in [0.1, 0.15) is 43.4 Å². The Labute approximate surface area is 175 Å². The summed E-state index contributed by atoms with van der Waals surface area (Å²) < 4.78 is 5.89. The summed E-state index contributed by atoms with van der Waals surface area (Å²) in [4.78, 5) is 8.92. The molecule has 2 aromatic rings. The topological polar surface area (TPSA) is 48.8 Å². The lowest BCUT2D eigenvalue weighted by Crippen LogP contribution is -2.40. The van der Waals surface area contributed by atoms with E-state index in [-0.39, 0.29) is 0 Å². The zero-order chi connectivity index (χ0) is 20.5. The molecule has 1 aliphatic carbocycles. The minimum Gasteiger partial charge on any atom is -0.491 e. The Kier molecular flexibility index (Phi) is 8.47. The molecule has 5 nitrogen and oxygen atoms in total. The SMILES string of the molecule is CN(Cc1cccc(OC[C@H](O)CN(C)C2CCCCC2)c1)Cc1ccccn1. The highest BCUT2D eigenvalue weighted by Crippen LogP contribution is 2.22. The summed E-state index contributed by atoms with van der Waals surface area (Å²) in [6.45, 7) is 2.61. The van der Waals surface area contributed by atoms with E-state index >= 15 is 0 Å². The predicted molar refractivity (Wildman–Crippen MR) is 117 cm³/mol. The van der Waals surface area contributed by atoms with Crippen molar-refractivity contribution in [1.82, 2.24) is 14.8 Å². The summed E-state index contributed by atoms with van der Waals surface area (Å²) in [5, 5.41) is 10.4. The van der Waals surface area contributed by atoms with E-state index in [1.54, 1.807) is 0 Å². The predicted octanol–water partition coefficient (Wildman–Crippen LogP) is 3.72. The van der Waals surface area contributed by atoms with Gasteiger partial charge in [0.25, 0.3) is 0 Å². The number of benzene rings is 1.